The number of nitrogens with zero attached hydrogens (tertiary/aromatic N) is 3. The summed E-state index contributed by atoms with van der Waals surface area (Å²) in [7, 11) is 1.62. The van der Waals surface area contributed by atoms with Gasteiger partial charge in [-0.25, -0.2) is 4.98 Å². The van der Waals surface area contributed by atoms with Crippen LogP contribution in [0.5, 0.6) is 5.75 Å². The summed E-state index contributed by atoms with van der Waals surface area (Å²) in [5, 5.41) is 14.8. The number of hydrogen-bond acceptors (Lipinski definition) is 6. The highest BCUT2D eigenvalue weighted by Gasteiger charge is 2.30. The van der Waals surface area contributed by atoms with Gasteiger partial charge in [-0.05, 0) is 61.4 Å². The van der Waals surface area contributed by atoms with Crippen molar-refractivity contribution in [3.63, 3.8) is 0 Å². The maximum atomic E-state index is 12.6. The lowest BCUT2D eigenvalue weighted by molar-refractivity contribution is -0.137. The van der Waals surface area contributed by atoms with E-state index >= 15 is 0 Å². The normalized spacial score (nSPS) is 11.3. The van der Waals surface area contributed by atoms with Crippen LogP contribution in [0, 0.1) is 13.8 Å². The number of hydrogen-bond donors (Lipinski definition) is 2. The average molecular weight is 417 g/mol. The third-order valence-corrected chi connectivity index (χ3v) is 4.70. The Kier molecular flexibility index (Phi) is 6.39. The molecule has 0 fully saturated rings. The van der Waals surface area contributed by atoms with Crippen molar-refractivity contribution < 1.29 is 17.9 Å². The summed E-state index contributed by atoms with van der Waals surface area (Å²) >= 11 is 0. The van der Waals surface area contributed by atoms with E-state index in [2.05, 4.69) is 25.8 Å². The second kappa shape index (κ2) is 8.98. The van der Waals surface area contributed by atoms with Gasteiger partial charge in [0, 0.05) is 24.8 Å². The number of ether oxygens (including phenoxy) is 1. The molecule has 0 atom stereocenters. The first-order chi connectivity index (χ1) is 14.3. The first-order valence-corrected chi connectivity index (χ1v) is 9.29. The van der Waals surface area contributed by atoms with E-state index in [1.807, 2.05) is 38.1 Å². The van der Waals surface area contributed by atoms with Crippen LogP contribution in [0.3, 0.4) is 0 Å². The van der Waals surface area contributed by atoms with Crippen LogP contribution in [0.2, 0.25) is 0 Å². The highest BCUT2D eigenvalue weighted by Crippen LogP contribution is 2.29. The van der Waals surface area contributed by atoms with Gasteiger partial charge in [0.05, 0.1) is 18.4 Å². The molecular weight excluding hydrogens is 395 g/mol. The molecule has 30 heavy (non-hydrogen) atoms. The molecule has 2 N–H and O–H groups in total. The molecule has 6 nitrogen and oxygen atoms in total. The van der Waals surface area contributed by atoms with Crippen molar-refractivity contribution in [2.75, 3.05) is 30.8 Å². The second-order valence-electron chi connectivity index (χ2n) is 6.66. The lowest BCUT2D eigenvalue weighted by Crippen LogP contribution is -2.16. The van der Waals surface area contributed by atoms with Gasteiger partial charge in [0.25, 0.3) is 0 Å². The van der Waals surface area contributed by atoms with Crippen LogP contribution in [-0.4, -0.2) is 35.4 Å². The van der Waals surface area contributed by atoms with E-state index in [0.717, 1.165) is 40.4 Å². The van der Waals surface area contributed by atoms with Gasteiger partial charge in [-0.1, -0.05) is 0 Å². The molecule has 0 saturated heterocycles. The molecule has 3 rings (SSSR count). The van der Waals surface area contributed by atoms with Crippen LogP contribution in [0.25, 0.3) is 11.3 Å². The van der Waals surface area contributed by atoms with Gasteiger partial charge < -0.3 is 15.4 Å². The zero-order valence-electron chi connectivity index (χ0n) is 16.8. The Hall–Kier alpha value is -3.36. The van der Waals surface area contributed by atoms with Crippen molar-refractivity contribution >= 4 is 11.6 Å². The van der Waals surface area contributed by atoms with E-state index in [1.165, 1.54) is 6.07 Å². The van der Waals surface area contributed by atoms with E-state index in [9.17, 15) is 13.2 Å². The van der Waals surface area contributed by atoms with Crippen molar-refractivity contribution in [1.82, 2.24) is 15.2 Å². The molecule has 3 aromatic rings. The summed E-state index contributed by atoms with van der Waals surface area (Å²) in [6.07, 6.45) is -3.58. The Bertz CT molecular complexity index is 989. The van der Waals surface area contributed by atoms with Crippen molar-refractivity contribution in [1.29, 1.82) is 0 Å². The van der Waals surface area contributed by atoms with E-state index in [1.54, 1.807) is 7.11 Å². The van der Waals surface area contributed by atoms with Gasteiger partial charge in [-0.15, -0.1) is 10.2 Å². The number of methoxy groups -OCH3 is 1. The second-order valence-corrected chi connectivity index (χ2v) is 6.66. The predicted octanol–water partition coefficient (Wildman–Crippen LogP) is 4.71. The summed E-state index contributed by atoms with van der Waals surface area (Å²) in [6, 6.07) is 9.92. The van der Waals surface area contributed by atoms with Crippen LogP contribution in [-0.2, 0) is 6.18 Å². The predicted molar refractivity (Wildman–Crippen MR) is 110 cm³/mol. The zero-order chi connectivity index (χ0) is 21.7. The fourth-order valence-electron chi connectivity index (χ4n) is 2.83. The molecule has 0 unspecified atom stereocenters. The van der Waals surface area contributed by atoms with Crippen LogP contribution in [0.15, 0.2) is 42.6 Å². The Balaban J connectivity index is 1.58. The Morgan fingerprint density at radius 3 is 2.20 bits per heavy atom. The molecule has 1 aromatic carbocycles. The summed E-state index contributed by atoms with van der Waals surface area (Å²) in [5.74, 6) is 1.81. The molecule has 2 heterocycles. The molecule has 2 aromatic heterocycles. The molecule has 0 bridgehead atoms. The molecule has 0 amide bonds. The summed E-state index contributed by atoms with van der Waals surface area (Å²) in [5.41, 5.74) is 2.96. The van der Waals surface area contributed by atoms with Crippen LogP contribution < -0.4 is 15.4 Å². The minimum absolute atomic E-state index is 0.374. The van der Waals surface area contributed by atoms with Crippen molar-refractivity contribution in [3.8, 4) is 17.0 Å². The SMILES string of the molecule is COc1ccc(-c2nnc(NCCNc3ccc(C(F)(F)F)cn3)c(C)c2C)cc1. The number of nitrogens with one attached hydrogen (secondary N) is 2. The van der Waals surface area contributed by atoms with Gasteiger partial charge in [-0.2, -0.15) is 13.2 Å². The quantitative estimate of drug-likeness (QED) is 0.543. The molecule has 0 radical (unpaired) electrons. The number of rotatable bonds is 7. The van der Waals surface area contributed by atoms with Gasteiger partial charge in [0.1, 0.15) is 11.6 Å². The summed E-state index contributed by atoms with van der Waals surface area (Å²) < 4.78 is 42.9. The monoisotopic (exact) mass is 417 g/mol. The molecule has 0 aliphatic heterocycles. The average Bonchev–Trinajstić information content (AvgIpc) is 2.74. The van der Waals surface area contributed by atoms with Crippen LogP contribution in [0.4, 0.5) is 24.8 Å². The van der Waals surface area contributed by atoms with Crippen molar-refractivity contribution in [2.24, 2.45) is 0 Å². The lowest BCUT2D eigenvalue weighted by atomic mass is 10.0. The van der Waals surface area contributed by atoms with E-state index < -0.39 is 11.7 Å². The number of benzene rings is 1. The van der Waals surface area contributed by atoms with E-state index in [4.69, 9.17) is 4.74 Å². The number of alkyl halides is 3. The fraction of sp³-hybridized carbons (Fsp3) is 0.286. The zero-order valence-corrected chi connectivity index (χ0v) is 16.8. The molecule has 9 heteroatoms. The van der Waals surface area contributed by atoms with Crippen LogP contribution in [0.1, 0.15) is 16.7 Å². The number of aromatic nitrogens is 3. The van der Waals surface area contributed by atoms with Gasteiger partial charge in [0.2, 0.25) is 0 Å². The molecule has 0 saturated carbocycles. The summed E-state index contributed by atoms with van der Waals surface area (Å²) in [4.78, 5) is 3.78. The molecule has 0 aliphatic carbocycles. The first-order valence-electron chi connectivity index (χ1n) is 9.29. The largest absolute Gasteiger partial charge is 0.497 e. The molecule has 0 spiro atoms. The lowest BCUT2D eigenvalue weighted by Gasteiger charge is -2.14. The van der Waals surface area contributed by atoms with Gasteiger partial charge in [0.15, 0.2) is 5.82 Å². The minimum atomic E-state index is -4.39. The van der Waals surface area contributed by atoms with E-state index in [-0.39, 0.29) is 0 Å². The molecule has 158 valence electrons. The maximum Gasteiger partial charge on any atom is 0.417 e. The Labute approximate surface area is 172 Å². The minimum Gasteiger partial charge on any atom is -0.497 e. The highest BCUT2D eigenvalue weighted by atomic mass is 19.4. The Morgan fingerprint density at radius 1 is 0.900 bits per heavy atom. The first kappa shape index (κ1) is 21.4. The standard InChI is InChI=1S/C21H22F3N5O/c1-13-14(2)20(29-28-19(13)15-4-7-17(30-3)8-5-15)26-11-10-25-18-9-6-16(12-27-18)21(22,23)24/h4-9,12H,10-11H2,1-3H3,(H,25,27)(H,26,29). The van der Waals surface area contributed by atoms with Gasteiger partial charge in [-0.3, -0.25) is 0 Å². The third-order valence-electron chi connectivity index (χ3n) is 4.70. The highest BCUT2D eigenvalue weighted by molar-refractivity contribution is 5.67. The van der Waals surface area contributed by atoms with Crippen molar-refractivity contribution in [3.05, 3.63) is 59.3 Å². The van der Waals surface area contributed by atoms with Gasteiger partial charge >= 0.3 is 6.18 Å². The third kappa shape index (κ3) is 4.97. The maximum absolute atomic E-state index is 12.6. The number of halogens is 3. The molecule has 0 aliphatic rings. The van der Waals surface area contributed by atoms with Crippen LogP contribution >= 0.6 is 0 Å². The smallest absolute Gasteiger partial charge is 0.417 e. The Morgan fingerprint density at radius 2 is 1.60 bits per heavy atom. The van der Waals surface area contributed by atoms with Crippen molar-refractivity contribution in [2.45, 2.75) is 20.0 Å². The summed E-state index contributed by atoms with van der Waals surface area (Å²) in [6.45, 7) is 4.90. The number of anilines is 2. The number of pyridine rings is 1. The topological polar surface area (TPSA) is 72.0 Å². The van der Waals surface area contributed by atoms with E-state index in [0.29, 0.717) is 24.7 Å². The molecular formula is C21H22F3N5O. The fourth-order valence-corrected chi connectivity index (χ4v) is 2.83.